The minimum absolute atomic E-state index is 0.210. The first-order valence-corrected chi connectivity index (χ1v) is 7.84. The topological polar surface area (TPSA) is 55.1 Å². The minimum Gasteiger partial charge on any atom is -0.353 e. The third kappa shape index (κ3) is 5.52. The first-order valence-electron chi connectivity index (χ1n) is 7.84. The third-order valence-corrected chi connectivity index (χ3v) is 4.49. The van der Waals surface area contributed by atoms with Crippen LogP contribution in [0, 0.1) is 17.3 Å². The van der Waals surface area contributed by atoms with Crippen molar-refractivity contribution in [1.82, 2.24) is 5.32 Å². The molecule has 0 saturated heterocycles. The second kappa shape index (κ2) is 7.28. The number of carbonyl (C=O) groups is 1. The van der Waals surface area contributed by atoms with E-state index in [1.807, 2.05) is 0 Å². The van der Waals surface area contributed by atoms with Crippen LogP contribution in [0.4, 0.5) is 0 Å². The van der Waals surface area contributed by atoms with Crippen molar-refractivity contribution >= 4 is 5.91 Å². The first kappa shape index (κ1) is 16.5. The highest BCUT2D eigenvalue weighted by molar-refractivity contribution is 5.76. The van der Waals surface area contributed by atoms with Gasteiger partial charge in [0.25, 0.3) is 0 Å². The fourth-order valence-electron chi connectivity index (χ4n) is 3.11. The lowest BCUT2D eigenvalue weighted by Gasteiger charge is -2.40. The summed E-state index contributed by atoms with van der Waals surface area (Å²) in [5.74, 6) is 1.26. The van der Waals surface area contributed by atoms with Crippen molar-refractivity contribution in [2.45, 2.75) is 72.3 Å². The van der Waals surface area contributed by atoms with E-state index in [2.05, 4.69) is 33.0 Å². The normalized spacial score (nSPS) is 25.9. The molecule has 3 N–H and O–H groups in total. The molecule has 1 saturated carbocycles. The molecule has 0 aromatic heterocycles. The van der Waals surface area contributed by atoms with Gasteiger partial charge in [0, 0.05) is 12.5 Å². The van der Waals surface area contributed by atoms with Gasteiger partial charge in [0.2, 0.25) is 5.91 Å². The average molecular weight is 268 g/mol. The van der Waals surface area contributed by atoms with Crippen LogP contribution in [0.5, 0.6) is 0 Å². The molecule has 3 nitrogen and oxygen atoms in total. The summed E-state index contributed by atoms with van der Waals surface area (Å²) in [6.07, 6.45) is 6.45. The Kier molecular flexibility index (Phi) is 6.31. The maximum atomic E-state index is 12.1. The number of amides is 1. The Hall–Kier alpha value is -0.570. The molecule has 0 spiro atoms. The number of carbonyl (C=O) groups excluding carboxylic acids is 1. The molecule has 1 aliphatic carbocycles. The van der Waals surface area contributed by atoms with Crippen LogP contribution < -0.4 is 11.1 Å². The van der Waals surface area contributed by atoms with E-state index in [0.29, 0.717) is 30.8 Å². The standard InChI is InChI=1S/C16H32N2O/c1-12(11-17)9-10-15(19)18-14-8-6-5-7-13(14)16(2,3)4/h12-14H,5-11,17H2,1-4H3,(H,18,19). The zero-order valence-corrected chi connectivity index (χ0v) is 13.2. The molecule has 0 aromatic rings. The number of nitrogens with two attached hydrogens (primary N) is 1. The van der Waals surface area contributed by atoms with Crippen LogP contribution in [-0.4, -0.2) is 18.5 Å². The van der Waals surface area contributed by atoms with Gasteiger partial charge in [-0.15, -0.1) is 0 Å². The quantitative estimate of drug-likeness (QED) is 0.805. The lowest BCUT2D eigenvalue weighted by atomic mass is 9.69. The van der Waals surface area contributed by atoms with E-state index in [0.717, 1.165) is 12.8 Å². The van der Waals surface area contributed by atoms with E-state index < -0.39 is 0 Å². The molecule has 3 atom stereocenters. The van der Waals surface area contributed by atoms with Gasteiger partial charge in [-0.1, -0.05) is 40.5 Å². The Labute approximate surface area is 118 Å². The second-order valence-electron chi connectivity index (χ2n) is 7.31. The van der Waals surface area contributed by atoms with E-state index in [1.165, 1.54) is 19.3 Å². The number of nitrogens with one attached hydrogen (secondary N) is 1. The molecule has 1 rings (SSSR count). The molecule has 1 aliphatic rings. The van der Waals surface area contributed by atoms with Crippen molar-refractivity contribution < 1.29 is 4.79 Å². The molecule has 0 bridgehead atoms. The highest BCUT2D eigenvalue weighted by atomic mass is 16.1. The summed E-state index contributed by atoms with van der Waals surface area (Å²) < 4.78 is 0. The SMILES string of the molecule is CC(CN)CCC(=O)NC1CCCCC1C(C)(C)C. The van der Waals surface area contributed by atoms with Gasteiger partial charge in [-0.05, 0) is 43.1 Å². The molecule has 112 valence electrons. The van der Waals surface area contributed by atoms with Crippen LogP contribution in [-0.2, 0) is 4.79 Å². The van der Waals surface area contributed by atoms with E-state index >= 15 is 0 Å². The van der Waals surface area contributed by atoms with Gasteiger partial charge in [0.05, 0.1) is 0 Å². The maximum Gasteiger partial charge on any atom is 0.220 e. The van der Waals surface area contributed by atoms with Crippen molar-refractivity contribution in [3.05, 3.63) is 0 Å². The summed E-state index contributed by atoms with van der Waals surface area (Å²) in [4.78, 5) is 12.1. The molecule has 0 radical (unpaired) electrons. The van der Waals surface area contributed by atoms with E-state index in [-0.39, 0.29) is 11.3 Å². The zero-order chi connectivity index (χ0) is 14.5. The molecule has 1 amide bonds. The molecule has 0 aromatic carbocycles. The number of rotatable bonds is 5. The predicted octanol–water partition coefficient (Wildman–Crippen LogP) is 3.08. The lowest BCUT2D eigenvalue weighted by molar-refractivity contribution is -0.123. The monoisotopic (exact) mass is 268 g/mol. The highest BCUT2D eigenvalue weighted by Crippen LogP contribution is 2.38. The summed E-state index contributed by atoms with van der Waals surface area (Å²) in [7, 11) is 0. The zero-order valence-electron chi connectivity index (χ0n) is 13.2. The van der Waals surface area contributed by atoms with Gasteiger partial charge in [0.15, 0.2) is 0 Å². The van der Waals surface area contributed by atoms with Crippen LogP contribution in [0.3, 0.4) is 0 Å². The van der Waals surface area contributed by atoms with Crippen LogP contribution in [0.2, 0.25) is 0 Å². The highest BCUT2D eigenvalue weighted by Gasteiger charge is 2.34. The van der Waals surface area contributed by atoms with E-state index in [9.17, 15) is 4.79 Å². The fourth-order valence-corrected chi connectivity index (χ4v) is 3.11. The van der Waals surface area contributed by atoms with Gasteiger partial charge < -0.3 is 11.1 Å². The van der Waals surface area contributed by atoms with Crippen molar-refractivity contribution in [2.75, 3.05) is 6.54 Å². The van der Waals surface area contributed by atoms with Crippen molar-refractivity contribution in [1.29, 1.82) is 0 Å². The Morgan fingerprint density at radius 1 is 1.32 bits per heavy atom. The number of hydrogen-bond acceptors (Lipinski definition) is 2. The molecular formula is C16H32N2O. The van der Waals surface area contributed by atoms with Crippen LogP contribution in [0.15, 0.2) is 0 Å². The minimum atomic E-state index is 0.210. The number of hydrogen-bond donors (Lipinski definition) is 2. The first-order chi connectivity index (χ1) is 8.84. The molecule has 3 unspecified atom stereocenters. The smallest absolute Gasteiger partial charge is 0.220 e. The van der Waals surface area contributed by atoms with Crippen molar-refractivity contribution in [3.63, 3.8) is 0 Å². The maximum absolute atomic E-state index is 12.1. The van der Waals surface area contributed by atoms with Crippen LogP contribution in [0.25, 0.3) is 0 Å². The average Bonchev–Trinajstić information content (AvgIpc) is 2.35. The molecule has 0 aliphatic heterocycles. The van der Waals surface area contributed by atoms with Gasteiger partial charge in [-0.3, -0.25) is 4.79 Å². The predicted molar refractivity (Wildman–Crippen MR) is 80.8 cm³/mol. The van der Waals surface area contributed by atoms with Gasteiger partial charge in [-0.25, -0.2) is 0 Å². The summed E-state index contributed by atoms with van der Waals surface area (Å²) >= 11 is 0. The summed E-state index contributed by atoms with van der Waals surface area (Å²) in [6, 6.07) is 0.370. The molecule has 3 heteroatoms. The molecular weight excluding hydrogens is 236 g/mol. The van der Waals surface area contributed by atoms with Gasteiger partial charge >= 0.3 is 0 Å². The van der Waals surface area contributed by atoms with Crippen molar-refractivity contribution in [2.24, 2.45) is 23.0 Å². The molecule has 19 heavy (non-hydrogen) atoms. The second-order valence-corrected chi connectivity index (χ2v) is 7.31. The molecule has 1 fully saturated rings. The summed E-state index contributed by atoms with van der Waals surface area (Å²) in [5, 5.41) is 3.28. The Morgan fingerprint density at radius 2 is 1.95 bits per heavy atom. The lowest BCUT2D eigenvalue weighted by Crippen LogP contribution is -2.46. The Morgan fingerprint density at radius 3 is 2.53 bits per heavy atom. The fraction of sp³-hybridized carbons (Fsp3) is 0.938. The van der Waals surface area contributed by atoms with Crippen LogP contribution in [0.1, 0.15) is 66.2 Å². The van der Waals surface area contributed by atoms with Gasteiger partial charge in [0.1, 0.15) is 0 Å². The van der Waals surface area contributed by atoms with Crippen molar-refractivity contribution in [3.8, 4) is 0 Å². The Bertz CT molecular complexity index is 283. The molecule has 0 heterocycles. The van der Waals surface area contributed by atoms with Crippen LogP contribution >= 0.6 is 0 Å². The summed E-state index contributed by atoms with van der Waals surface area (Å²) in [5.41, 5.74) is 5.87. The largest absolute Gasteiger partial charge is 0.353 e. The van der Waals surface area contributed by atoms with Gasteiger partial charge in [-0.2, -0.15) is 0 Å². The summed E-state index contributed by atoms with van der Waals surface area (Å²) in [6.45, 7) is 9.64. The third-order valence-electron chi connectivity index (χ3n) is 4.49. The van der Waals surface area contributed by atoms with E-state index in [4.69, 9.17) is 5.73 Å². The Balaban J connectivity index is 2.46. The van der Waals surface area contributed by atoms with E-state index in [1.54, 1.807) is 0 Å².